The van der Waals surface area contributed by atoms with E-state index in [1.54, 1.807) is 18.5 Å². The van der Waals surface area contributed by atoms with Gasteiger partial charge in [-0.05, 0) is 18.2 Å². The summed E-state index contributed by atoms with van der Waals surface area (Å²) in [6, 6.07) is 15.2. The number of hydrogen-bond acceptors (Lipinski definition) is 5. The lowest BCUT2D eigenvalue weighted by Crippen LogP contribution is -2.12. The lowest BCUT2D eigenvalue weighted by Gasteiger charge is -1.98. The number of benzene rings is 1. The summed E-state index contributed by atoms with van der Waals surface area (Å²) in [6.45, 7) is 0. The normalized spacial score (nSPS) is 10.6. The summed E-state index contributed by atoms with van der Waals surface area (Å²) in [6.07, 6.45) is 3.45. The van der Waals surface area contributed by atoms with E-state index in [2.05, 4.69) is 25.5 Å². The van der Waals surface area contributed by atoms with Crippen LogP contribution in [-0.2, 0) is 0 Å². The van der Waals surface area contributed by atoms with Crippen molar-refractivity contribution >= 4 is 22.4 Å². The van der Waals surface area contributed by atoms with Crippen molar-refractivity contribution in [2.75, 3.05) is 5.32 Å². The van der Waals surface area contributed by atoms with Gasteiger partial charge in [0.1, 0.15) is 5.69 Å². The average Bonchev–Trinajstić information content (AvgIpc) is 3.33. The number of amides is 1. The van der Waals surface area contributed by atoms with Crippen LogP contribution < -0.4 is 5.32 Å². The minimum Gasteiger partial charge on any atom is -0.296 e. The van der Waals surface area contributed by atoms with Crippen molar-refractivity contribution < 1.29 is 4.79 Å². The Labute approximate surface area is 147 Å². The van der Waals surface area contributed by atoms with E-state index in [4.69, 9.17) is 0 Å². The summed E-state index contributed by atoms with van der Waals surface area (Å²) in [5.41, 5.74) is 3.75. The predicted octanol–water partition coefficient (Wildman–Crippen LogP) is 3.85. The Bertz CT molecular complexity index is 995. The van der Waals surface area contributed by atoms with Gasteiger partial charge in [0.05, 0.1) is 11.4 Å². The molecule has 0 radical (unpaired) electrons. The molecular weight excluding hydrogens is 334 g/mol. The molecule has 2 N–H and O–H groups in total. The van der Waals surface area contributed by atoms with Gasteiger partial charge in [0.15, 0.2) is 5.13 Å². The third kappa shape index (κ3) is 3.31. The first-order valence-corrected chi connectivity index (χ1v) is 8.46. The molecule has 1 amide bonds. The third-order valence-electron chi connectivity index (χ3n) is 3.57. The fourth-order valence-electron chi connectivity index (χ4n) is 2.34. The van der Waals surface area contributed by atoms with Crippen molar-refractivity contribution in [3.05, 3.63) is 72.0 Å². The molecule has 0 spiro atoms. The van der Waals surface area contributed by atoms with Crippen LogP contribution in [0.4, 0.5) is 5.13 Å². The molecule has 0 saturated heterocycles. The van der Waals surface area contributed by atoms with Crippen molar-refractivity contribution in [2.24, 2.45) is 0 Å². The van der Waals surface area contributed by atoms with Crippen LogP contribution in [0.3, 0.4) is 0 Å². The Morgan fingerprint density at radius 1 is 1.04 bits per heavy atom. The SMILES string of the molecule is O=C(Nc1nc(-c2cccnc2)cs1)c1cc(-c2ccccc2)n[nH]1. The fourth-order valence-corrected chi connectivity index (χ4v) is 3.05. The van der Waals surface area contributed by atoms with Crippen LogP contribution in [0.5, 0.6) is 0 Å². The molecule has 0 aliphatic heterocycles. The van der Waals surface area contributed by atoms with Crippen molar-refractivity contribution in [3.63, 3.8) is 0 Å². The van der Waals surface area contributed by atoms with E-state index in [9.17, 15) is 4.79 Å². The molecule has 25 heavy (non-hydrogen) atoms. The van der Waals surface area contributed by atoms with E-state index in [-0.39, 0.29) is 5.91 Å². The van der Waals surface area contributed by atoms with Crippen LogP contribution in [0, 0.1) is 0 Å². The van der Waals surface area contributed by atoms with Crippen LogP contribution in [0.2, 0.25) is 0 Å². The second kappa shape index (κ2) is 6.66. The molecule has 0 aliphatic carbocycles. The van der Waals surface area contributed by atoms with Gasteiger partial charge in [0.2, 0.25) is 0 Å². The molecule has 0 unspecified atom stereocenters. The average molecular weight is 347 g/mol. The van der Waals surface area contributed by atoms with Crippen molar-refractivity contribution in [1.29, 1.82) is 0 Å². The van der Waals surface area contributed by atoms with E-state index < -0.39 is 0 Å². The first-order valence-electron chi connectivity index (χ1n) is 7.58. The summed E-state index contributed by atoms with van der Waals surface area (Å²) in [5.74, 6) is -0.276. The standard InChI is InChI=1S/C18H13N5OS/c24-17(15-9-14(22-23-15)12-5-2-1-3-6-12)21-18-20-16(11-25-18)13-7-4-8-19-10-13/h1-11H,(H,22,23)(H,20,21,24). The molecule has 3 aromatic heterocycles. The van der Waals surface area contributed by atoms with E-state index in [1.165, 1.54) is 11.3 Å². The van der Waals surface area contributed by atoms with E-state index >= 15 is 0 Å². The zero-order valence-corrected chi connectivity index (χ0v) is 13.8. The second-order valence-electron chi connectivity index (χ2n) is 5.27. The molecule has 0 atom stereocenters. The van der Waals surface area contributed by atoms with Crippen molar-refractivity contribution in [2.45, 2.75) is 0 Å². The quantitative estimate of drug-likeness (QED) is 0.587. The summed E-state index contributed by atoms with van der Waals surface area (Å²) < 4.78 is 0. The van der Waals surface area contributed by atoms with E-state index in [0.717, 1.165) is 22.5 Å². The molecule has 7 heteroatoms. The molecule has 0 fully saturated rings. The molecular formula is C18H13N5OS. The zero-order chi connectivity index (χ0) is 17.1. The Balaban J connectivity index is 1.50. The van der Waals surface area contributed by atoms with Crippen LogP contribution >= 0.6 is 11.3 Å². The topological polar surface area (TPSA) is 83.6 Å². The summed E-state index contributed by atoms with van der Waals surface area (Å²) in [7, 11) is 0. The van der Waals surface area contributed by atoms with Gasteiger partial charge in [-0.3, -0.25) is 20.2 Å². The lowest BCUT2D eigenvalue weighted by molar-refractivity contribution is 0.102. The van der Waals surface area contributed by atoms with Gasteiger partial charge in [-0.1, -0.05) is 30.3 Å². The van der Waals surface area contributed by atoms with Gasteiger partial charge in [0, 0.05) is 28.9 Å². The predicted molar refractivity (Wildman–Crippen MR) is 97.3 cm³/mol. The number of nitrogens with one attached hydrogen (secondary N) is 2. The summed E-state index contributed by atoms with van der Waals surface area (Å²) in [4.78, 5) is 20.9. The number of carbonyl (C=O) groups excluding carboxylic acids is 1. The highest BCUT2D eigenvalue weighted by Gasteiger charge is 2.13. The van der Waals surface area contributed by atoms with Crippen molar-refractivity contribution in [1.82, 2.24) is 20.2 Å². The number of hydrogen-bond donors (Lipinski definition) is 2. The zero-order valence-electron chi connectivity index (χ0n) is 13.0. The number of aromatic amines is 1. The number of aromatic nitrogens is 4. The highest BCUT2D eigenvalue weighted by Crippen LogP contribution is 2.24. The lowest BCUT2D eigenvalue weighted by atomic mass is 10.1. The van der Waals surface area contributed by atoms with Gasteiger partial charge in [-0.15, -0.1) is 11.3 Å². The maximum Gasteiger partial charge on any atom is 0.275 e. The van der Waals surface area contributed by atoms with Gasteiger partial charge in [0.25, 0.3) is 5.91 Å². The number of nitrogens with zero attached hydrogens (tertiary/aromatic N) is 3. The Morgan fingerprint density at radius 3 is 2.68 bits per heavy atom. The molecule has 0 aliphatic rings. The van der Waals surface area contributed by atoms with Crippen LogP contribution in [0.25, 0.3) is 22.5 Å². The number of carbonyl (C=O) groups is 1. The van der Waals surface area contributed by atoms with Gasteiger partial charge in [-0.25, -0.2) is 4.98 Å². The van der Waals surface area contributed by atoms with Crippen LogP contribution in [-0.4, -0.2) is 26.1 Å². The maximum atomic E-state index is 12.4. The fraction of sp³-hybridized carbons (Fsp3) is 0. The number of anilines is 1. The Kier molecular flexibility index (Phi) is 4.05. The maximum absolute atomic E-state index is 12.4. The van der Waals surface area contributed by atoms with Gasteiger partial charge >= 0.3 is 0 Å². The molecule has 3 heterocycles. The van der Waals surface area contributed by atoms with Gasteiger partial charge < -0.3 is 0 Å². The second-order valence-corrected chi connectivity index (χ2v) is 6.12. The largest absolute Gasteiger partial charge is 0.296 e. The highest BCUT2D eigenvalue weighted by molar-refractivity contribution is 7.14. The van der Waals surface area contributed by atoms with E-state index in [0.29, 0.717) is 10.8 Å². The molecule has 0 saturated carbocycles. The summed E-state index contributed by atoms with van der Waals surface area (Å²) >= 11 is 1.37. The Morgan fingerprint density at radius 2 is 1.88 bits per heavy atom. The molecule has 4 aromatic rings. The molecule has 6 nitrogen and oxygen atoms in total. The Hall–Kier alpha value is -3.32. The number of rotatable bonds is 4. The number of pyridine rings is 1. The number of thiazole rings is 1. The molecule has 4 rings (SSSR count). The van der Waals surface area contributed by atoms with E-state index in [1.807, 2.05) is 47.8 Å². The minimum absolute atomic E-state index is 0.276. The van der Waals surface area contributed by atoms with Crippen molar-refractivity contribution in [3.8, 4) is 22.5 Å². The summed E-state index contributed by atoms with van der Waals surface area (Å²) in [5, 5.41) is 12.2. The molecule has 0 bridgehead atoms. The smallest absolute Gasteiger partial charge is 0.275 e. The van der Waals surface area contributed by atoms with Gasteiger partial charge in [-0.2, -0.15) is 5.10 Å². The molecule has 122 valence electrons. The monoisotopic (exact) mass is 347 g/mol. The molecule has 1 aromatic carbocycles. The van der Waals surface area contributed by atoms with Crippen LogP contribution in [0.15, 0.2) is 66.3 Å². The number of H-pyrrole nitrogens is 1. The first-order chi connectivity index (χ1) is 12.3. The first kappa shape index (κ1) is 15.2. The third-order valence-corrected chi connectivity index (χ3v) is 4.33. The highest BCUT2D eigenvalue weighted by atomic mass is 32.1. The minimum atomic E-state index is -0.276. The van der Waals surface area contributed by atoms with Crippen LogP contribution in [0.1, 0.15) is 10.5 Å².